The summed E-state index contributed by atoms with van der Waals surface area (Å²) in [6.07, 6.45) is 87.8. The molecule has 0 rings (SSSR count). The molecule has 1 atom stereocenters. The Morgan fingerprint density at radius 3 is 0.716 bits per heavy atom. The number of esters is 3. The molecule has 0 aromatic rings. The normalized spacial score (nSPS) is 12.2. The zero-order valence-electron chi connectivity index (χ0n) is 54.8. The Balaban J connectivity index is 4.03. The molecule has 0 aliphatic carbocycles. The van der Waals surface area contributed by atoms with Gasteiger partial charge < -0.3 is 14.2 Å². The van der Waals surface area contributed by atoms with Crippen LogP contribution in [0.1, 0.15) is 406 Å². The van der Waals surface area contributed by atoms with Crippen LogP contribution in [-0.4, -0.2) is 37.2 Å². The third-order valence-corrected chi connectivity index (χ3v) is 16.6. The molecule has 0 fully saturated rings. The minimum atomic E-state index is -0.773. The molecule has 6 heteroatoms. The van der Waals surface area contributed by atoms with Crippen molar-refractivity contribution in [2.45, 2.75) is 412 Å². The molecule has 0 saturated heterocycles. The Labute approximate surface area is 506 Å². The summed E-state index contributed by atoms with van der Waals surface area (Å²) < 4.78 is 16.9. The van der Waals surface area contributed by atoms with Crippen LogP contribution in [-0.2, 0) is 28.6 Å². The lowest BCUT2D eigenvalue weighted by Crippen LogP contribution is -2.30. The molecule has 0 aromatic carbocycles. The monoisotopic (exact) mass is 1140 g/mol. The first-order chi connectivity index (χ1) is 40.0. The molecular weight excluding hydrogens is 997 g/mol. The van der Waals surface area contributed by atoms with Crippen LogP contribution in [0, 0.1) is 0 Å². The van der Waals surface area contributed by atoms with Crippen LogP contribution in [0.3, 0.4) is 0 Å². The zero-order valence-corrected chi connectivity index (χ0v) is 54.8. The van der Waals surface area contributed by atoms with E-state index >= 15 is 0 Å². The van der Waals surface area contributed by atoms with E-state index in [2.05, 4.69) is 57.2 Å². The lowest BCUT2D eigenvalue weighted by Gasteiger charge is -2.18. The summed E-state index contributed by atoms with van der Waals surface area (Å²) in [5.41, 5.74) is 0. The number of unbranched alkanes of at least 4 members (excludes halogenated alkanes) is 51. The average Bonchev–Trinajstić information content (AvgIpc) is 3.47. The summed E-state index contributed by atoms with van der Waals surface area (Å²) in [5, 5.41) is 0. The van der Waals surface area contributed by atoms with Crippen LogP contribution in [0.15, 0.2) is 36.5 Å². The Bertz CT molecular complexity index is 1350. The van der Waals surface area contributed by atoms with Crippen molar-refractivity contribution in [1.82, 2.24) is 0 Å². The first-order valence-corrected chi connectivity index (χ1v) is 36.5. The molecule has 81 heavy (non-hydrogen) atoms. The van der Waals surface area contributed by atoms with E-state index in [1.54, 1.807) is 0 Å². The molecule has 6 nitrogen and oxygen atoms in total. The summed E-state index contributed by atoms with van der Waals surface area (Å²) in [5.74, 6) is -0.851. The number of hydrogen-bond donors (Lipinski definition) is 0. The maximum absolute atomic E-state index is 12.9. The molecule has 0 amide bonds. The van der Waals surface area contributed by atoms with Gasteiger partial charge in [-0.3, -0.25) is 14.4 Å². The Hall–Kier alpha value is -2.37. The van der Waals surface area contributed by atoms with Crippen molar-refractivity contribution in [3.63, 3.8) is 0 Å². The lowest BCUT2D eigenvalue weighted by molar-refractivity contribution is -0.167. The molecule has 476 valence electrons. The minimum Gasteiger partial charge on any atom is -0.462 e. The minimum absolute atomic E-state index is 0.0697. The fourth-order valence-corrected chi connectivity index (χ4v) is 11.1. The highest BCUT2D eigenvalue weighted by molar-refractivity contribution is 5.71. The van der Waals surface area contributed by atoms with Crippen LogP contribution >= 0.6 is 0 Å². The van der Waals surface area contributed by atoms with Gasteiger partial charge in [0.15, 0.2) is 6.10 Å². The van der Waals surface area contributed by atoms with E-state index < -0.39 is 6.10 Å². The molecule has 0 bridgehead atoms. The summed E-state index contributed by atoms with van der Waals surface area (Å²) in [4.78, 5) is 38.3. The summed E-state index contributed by atoms with van der Waals surface area (Å²) in [7, 11) is 0. The van der Waals surface area contributed by atoms with Crippen molar-refractivity contribution in [2.24, 2.45) is 0 Å². The van der Waals surface area contributed by atoms with E-state index in [1.165, 1.54) is 295 Å². The van der Waals surface area contributed by atoms with Crippen molar-refractivity contribution in [3.05, 3.63) is 36.5 Å². The van der Waals surface area contributed by atoms with Gasteiger partial charge in [-0.2, -0.15) is 0 Å². The largest absolute Gasteiger partial charge is 0.462 e. The number of hydrogen-bond acceptors (Lipinski definition) is 6. The first-order valence-electron chi connectivity index (χ1n) is 36.5. The predicted molar refractivity (Wildman–Crippen MR) is 353 cm³/mol. The van der Waals surface area contributed by atoms with E-state index in [0.717, 1.165) is 70.6 Å². The van der Waals surface area contributed by atoms with E-state index in [0.29, 0.717) is 19.3 Å². The standard InChI is InChI=1S/C75H140O6/c1-4-7-10-13-16-19-22-24-26-28-29-30-31-32-33-34-35-36-37-38-39-40-41-42-43-44-45-47-48-50-53-56-59-62-65-68-74(77)80-71-72(70-79-73(76)67-64-61-58-55-52-21-18-15-12-9-6-3)81-75(78)69-66-63-60-57-54-51-49-46-27-25-23-20-17-14-11-8-5-2/h17,20,25,27-29,72H,4-16,18-19,21-24,26,30-71H2,1-3H3/b20-17-,27-25-,29-28-. The van der Waals surface area contributed by atoms with Crippen LogP contribution < -0.4 is 0 Å². The Kier molecular flexibility index (Phi) is 68.1. The van der Waals surface area contributed by atoms with Gasteiger partial charge in [0.05, 0.1) is 0 Å². The van der Waals surface area contributed by atoms with Gasteiger partial charge in [0.2, 0.25) is 0 Å². The summed E-state index contributed by atoms with van der Waals surface area (Å²) in [6, 6.07) is 0. The topological polar surface area (TPSA) is 78.9 Å². The van der Waals surface area contributed by atoms with Gasteiger partial charge in [-0.1, -0.05) is 346 Å². The fourth-order valence-electron chi connectivity index (χ4n) is 11.1. The quantitative estimate of drug-likeness (QED) is 0.0261. The summed E-state index contributed by atoms with van der Waals surface area (Å²) in [6.45, 7) is 6.67. The number of allylic oxidation sites excluding steroid dienone is 6. The first kappa shape index (κ1) is 78.6. The van der Waals surface area contributed by atoms with Crippen LogP contribution in [0.4, 0.5) is 0 Å². The fraction of sp³-hybridized carbons (Fsp3) is 0.880. The molecule has 0 aromatic heterocycles. The molecule has 0 heterocycles. The second-order valence-corrected chi connectivity index (χ2v) is 24.9. The van der Waals surface area contributed by atoms with Crippen molar-refractivity contribution in [1.29, 1.82) is 0 Å². The molecule has 1 unspecified atom stereocenters. The van der Waals surface area contributed by atoms with Crippen molar-refractivity contribution >= 4 is 17.9 Å². The molecule has 0 aliphatic rings. The Morgan fingerprint density at radius 2 is 0.444 bits per heavy atom. The summed E-state index contributed by atoms with van der Waals surface area (Å²) >= 11 is 0. The van der Waals surface area contributed by atoms with Crippen molar-refractivity contribution in [3.8, 4) is 0 Å². The molecule has 0 N–H and O–H groups in total. The zero-order chi connectivity index (χ0) is 58.5. The molecule has 0 radical (unpaired) electrons. The molecule has 0 saturated carbocycles. The van der Waals surface area contributed by atoms with Crippen LogP contribution in [0.2, 0.25) is 0 Å². The van der Waals surface area contributed by atoms with Crippen molar-refractivity contribution < 1.29 is 28.6 Å². The smallest absolute Gasteiger partial charge is 0.306 e. The second-order valence-electron chi connectivity index (χ2n) is 24.9. The third-order valence-electron chi connectivity index (χ3n) is 16.6. The number of ether oxygens (including phenoxy) is 3. The highest BCUT2D eigenvalue weighted by atomic mass is 16.6. The molecule has 0 aliphatic heterocycles. The molecular formula is C75H140O6. The van der Waals surface area contributed by atoms with E-state index in [-0.39, 0.29) is 31.1 Å². The van der Waals surface area contributed by atoms with Gasteiger partial charge in [0.1, 0.15) is 13.2 Å². The van der Waals surface area contributed by atoms with E-state index in [1.807, 2.05) is 0 Å². The highest BCUT2D eigenvalue weighted by Crippen LogP contribution is 2.19. The van der Waals surface area contributed by atoms with Gasteiger partial charge in [-0.25, -0.2) is 0 Å². The van der Waals surface area contributed by atoms with Gasteiger partial charge >= 0.3 is 17.9 Å². The second kappa shape index (κ2) is 70.1. The van der Waals surface area contributed by atoms with E-state index in [9.17, 15) is 14.4 Å². The van der Waals surface area contributed by atoms with Crippen LogP contribution in [0.5, 0.6) is 0 Å². The maximum atomic E-state index is 12.9. The predicted octanol–water partition coefficient (Wildman–Crippen LogP) is 25.1. The van der Waals surface area contributed by atoms with E-state index in [4.69, 9.17) is 14.2 Å². The van der Waals surface area contributed by atoms with Crippen molar-refractivity contribution in [2.75, 3.05) is 13.2 Å². The van der Waals surface area contributed by atoms with Gasteiger partial charge in [0, 0.05) is 19.3 Å². The van der Waals surface area contributed by atoms with Gasteiger partial charge in [-0.15, -0.1) is 0 Å². The third kappa shape index (κ3) is 68.3. The Morgan fingerprint density at radius 1 is 0.247 bits per heavy atom. The van der Waals surface area contributed by atoms with Gasteiger partial charge in [-0.05, 0) is 77.0 Å². The maximum Gasteiger partial charge on any atom is 0.306 e. The average molecular weight is 1140 g/mol. The number of carbonyl (C=O) groups excluding carboxylic acids is 3. The highest BCUT2D eigenvalue weighted by Gasteiger charge is 2.19. The number of rotatable bonds is 68. The molecule has 0 spiro atoms. The lowest BCUT2D eigenvalue weighted by atomic mass is 10.0. The van der Waals surface area contributed by atoms with Crippen LogP contribution in [0.25, 0.3) is 0 Å². The SMILES string of the molecule is CCCCC/C=C\C/C=C\CCCCCCCCCC(=O)OC(COC(=O)CCCCCCCCCCCCC)COC(=O)CCCCCCCCCCCCCCCCCCCCCCCCC/C=C\CCCCCCCCCC. The van der Waals surface area contributed by atoms with Gasteiger partial charge in [0.25, 0.3) is 0 Å². The number of carbonyl (C=O) groups is 3.